The average molecular weight is 264 g/mol. The van der Waals surface area contributed by atoms with Crippen LogP contribution in [0.15, 0.2) is 12.1 Å². The van der Waals surface area contributed by atoms with E-state index in [4.69, 9.17) is 10.5 Å². The first kappa shape index (κ1) is 13.2. The fraction of sp³-hybridized carbons (Fsp3) is 0.385. The van der Waals surface area contributed by atoms with Crippen LogP contribution < -0.4 is 15.4 Å². The molecule has 0 saturated heterocycles. The Kier molecular flexibility index (Phi) is 2.88. The first-order valence-electron chi connectivity index (χ1n) is 5.77. The average Bonchev–Trinajstić information content (AvgIpc) is 2.34. The van der Waals surface area contributed by atoms with E-state index in [0.717, 1.165) is 0 Å². The first-order chi connectivity index (χ1) is 8.77. The number of benzene rings is 1. The molecule has 2 N–H and O–H groups in total. The molecule has 0 aliphatic carbocycles. The van der Waals surface area contributed by atoms with Crippen LogP contribution in [-0.2, 0) is 9.53 Å². The number of nitrogen functional groups attached to an aromatic ring is 1. The van der Waals surface area contributed by atoms with Gasteiger partial charge in [0.1, 0.15) is 5.75 Å². The summed E-state index contributed by atoms with van der Waals surface area (Å²) in [5, 5.41) is 0. The molecule has 102 valence electrons. The smallest absolute Gasteiger partial charge is 0.340 e. The second kappa shape index (κ2) is 4.15. The summed E-state index contributed by atoms with van der Waals surface area (Å²) in [6.45, 7) is 3.36. The van der Waals surface area contributed by atoms with E-state index in [-0.39, 0.29) is 17.2 Å². The van der Waals surface area contributed by atoms with Gasteiger partial charge >= 0.3 is 5.97 Å². The van der Waals surface area contributed by atoms with Crippen LogP contribution in [0.4, 0.5) is 11.4 Å². The van der Waals surface area contributed by atoms with Gasteiger partial charge in [-0.2, -0.15) is 0 Å². The van der Waals surface area contributed by atoms with Gasteiger partial charge in [-0.05, 0) is 19.9 Å². The Balaban J connectivity index is 2.58. The molecule has 0 atom stereocenters. The lowest BCUT2D eigenvalue weighted by Gasteiger charge is -2.37. The predicted octanol–water partition coefficient (Wildman–Crippen LogP) is 1.19. The number of amides is 1. The van der Waals surface area contributed by atoms with Crippen LogP contribution in [0.5, 0.6) is 5.75 Å². The molecule has 1 aliphatic rings. The van der Waals surface area contributed by atoms with Gasteiger partial charge in [-0.15, -0.1) is 0 Å². The molecule has 1 aromatic rings. The van der Waals surface area contributed by atoms with Crippen molar-refractivity contribution in [3.63, 3.8) is 0 Å². The number of fused-ring (bicyclic) bond motifs is 1. The molecule has 0 spiro atoms. The van der Waals surface area contributed by atoms with Crippen LogP contribution in [-0.4, -0.2) is 31.6 Å². The minimum Gasteiger partial charge on any atom is -0.476 e. The monoisotopic (exact) mass is 264 g/mol. The molecule has 1 aliphatic heterocycles. The van der Waals surface area contributed by atoms with Gasteiger partial charge < -0.3 is 20.1 Å². The van der Waals surface area contributed by atoms with Crippen LogP contribution in [0.1, 0.15) is 24.2 Å². The van der Waals surface area contributed by atoms with Gasteiger partial charge in [-0.1, -0.05) is 0 Å². The molecule has 0 fully saturated rings. The summed E-state index contributed by atoms with van der Waals surface area (Å²) in [5.41, 5.74) is 5.81. The molecule has 1 amide bonds. The van der Waals surface area contributed by atoms with Gasteiger partial charge in [-0.25, -0.2) is 4.79 Å². The van der Waals surface area contributed by atoms with Crippen molar-refractivity contribution in [2.75, 3.05) is 24.8 Å². The Morgan fingerprint density at radius 2 is 2.05 bits per heavy atom. The third-order valence-corrected chi connectivity index (χ3v) is 3.08. The maximum Gasteiger partial charge on any atom is 0.340 e. The Morgan fingerprint density at radius 1 is 1.42 bits per heavy atom. The Hall–Kier alpha value is -2.24. The number of nitrogens with two attached hydrogens (primary N) is 1. The normalized spacial score (nSPS) is 16.6. The fourth-order valence-corrected chi connectivity index (χ4v) is 2.05. The van der Waals surface area contributed by atoms with E-state index >= 15 is 0 Å². The molecule has 6 heteroatoms. The highest BCUT2D eigenvalue weighted by molar-refractivity contribution is 6.05. The number of nitrogens with zero attached hydrogens (tertiary/aromatic N) is 1. The number of carbonyl (C=O) groups excluding carboxylic acids is 2. The summed E-state index contributed by atoms with van der Waals surface area (Å²) in [5.74, 6) is -0.274. The van der Waals surface area contributed by atoms with Crippen molar-refractivity contribution in [2.24, 2.45) is 0 Å². The van der Waals surface area contributed by atoms with Crippen LogP contribution in [0, 0.1) is 0 Å². The molecule has 1 aromatic carbocycles. The molecule has 0 aromatic heterocycles. The standard InChI is InChI=1S/C13H16N2O4/c1-13(2)12(17)15(3)9-5-7(11(16)18-4)8(14)6-10(9)19-13/h5-6H,14H2,1-4H3. The zero-order valence-corrected chi connectivity index (χ0v) is 11.3. The third kappa shape index (κ3) is 1.99. The zero-order chi connectivity index (χ0) is 14.4. The molecular formula is C13H16N2O4. The lowest BCUT2D eigenvalue weighted by molar-refractivity contribution is -0.132. The Morgan fingerprint density at radius 3 is 2.63 bits per heavy atom. The van der Waals surface area contributed by atoms with Crippen LogP contribution in [0.3, 0.4) is 0 Å². The lowest BCUT2D eigenvalue weighted by atomic mass is 10.0. The number of hydrogen-bond acceptors (Lipinski definition) is 5. The molecule has 6 nitrogen and oxygen atoms in total. The summed E-state index contributed by atoms with van der Waals surface area (Å²) < 4.78 is 10.3. The quantitative estimate of drug-likeness (QED) is 0.608. The van der Waals surface area contributed by atoms with E-state index in [1.807, 2.05) is 0 Å². The van der Waals surface area contributed by atoms with Gasteiger partial charge in [0.05, 0.1) is 18.4 Å². The number of esters is 1. The molecule has 0 saturated carbocycles. The van der Waals surface area contributed by atoms with Gasteiger partial charge in [0, 0.05) is 18.8 Å². The highest BCUT2D eigenvalue weighted by atomic mass is 16.5. The maximum atomic E-state index is 12.1. The number of carbonyl (C=O) groups is 2. The van der Waals surface area contributed by atoms with Gasteiger partial charge in [-0.3, -0.25) is 4.79 Å². The second-order valence-electron chi connectivity index (χ2n) is 4.88. The van der Waals surface area contributed by atoms with Crippen molar-refractivity contribution in [3.8, 4) is 5.75 Å². The van der Waals surface area contributed by atoms with Crippen LogP contribution in [0.25, 0.3) is 0 Å². The van der Waals surface area contributed by atoms with Crippen molar-refractivity contribution < 1.29 is 19.1 Å². The molecule has 19 heavy (non-hydrogen) atoms. The van der Waals surface area contributed by atoms with E-state index in [0.29, 0.717) is 11.4 Å². The number of methoxy groups -OCH3 is 1. The molecular weight excluding hydrogens is 248 g/mol. The van der Waals surface area contributed by atoms with Crippen molar-refractivity contribution >= 4 is 23.3 Å². The minimum absolute atomic E-state index is 0.194. The van der Waals surface area contributed by atoms with E-state index in [2.05, 4.69) is 4.74 Å². The molecule has 1 heterocycles. The lowest BCUT2D eigenvalue weighted by Crippen LogP contribution is -2.51. The van der Waals surface area contributed by atoms with Gasteiger partial charge in [0.2, 0.25) is 0 Å². The molecule has 0 radical (unpaired) electrons. The van der Waals surface area contributed by atoms with Crippen LogP contribution >= 0.6 is 0 Å². The van der Waals surface area contributed by atoms with Crippen LogP contribution in [0.2, 0.25) is 0 Å². The second-order valence-corrected chi connectivity index (χ2v) is 4.88. The Bertz CT molecular complexity index is 566. The number of rotatable bonds is 1. The molecule has 2 rings (SSSR count). The van der Waals surface area contributed by atoms with E-state index in [1.54, 1.807) is 20.9 Å². The van der Waals surface area contributed by atoms with E-state index in [9.17, 15) is 9.59 Å². The van der Waals surface area contributed by atoms with Crippen molar-refractivity contribution in [1.82, 2.24) is 0 Å². The maximum absolute atomic E-state index is 12.1. The Labute approximate surface area is 111 Å². The van der Waals surface area contributed by atoms with Gasteiger partial charge in [0.25, 0.3) is 5.91 Å². The number of hydrogen-bond donors (Lipinski definition) is 1. The SMILES string of the molecule is COC(=O)c1cc2c(cc1N)OC(C)(C)C(=O)N2C. The molecule has 0 bridgehead atoms. The van der Waals surface area contributed by atoms with E-state index < -0.39 is 11.6 Å². The first-order valence-corrected chi connectivity index (χ1v) is 5.77. The summed E-state index contributed by atoms with van der Waals surface area (Å²) in [6.07, 6.45) is 0. The summed E-state index contributed by atoms with van der Waals surface area (Å²) in [6, 6.07) is 3.04. The predicted molar refractivity (Wildman–Crippen MR) is 70.3 cm³/mol. The largest absolute Gasteiger partial charge is 0.476 e. The minimum atomic E-state index is -0.957. The van der Waals surface area contributed by atoms with Gasteiger partial charge in [0.15, 0.2) is 5.60 Å². The topological polar surface area (TPSA) is 81.9 Å². The summed E-state index contributed by atoms with van der Waals surface area (Å²) in [7, 11) is 2.90. The van der Waals surface area contributed by atoms with Crippen molar-refractivity contribution in [3.05, 3.63) is 17.7 Å². The number of likely N-dealkylation sites (N-methyl/N-ethyl adjacent to an activating group) is 1. The highest BCUT2D eigenvalue weighted by Gasteiger charge is 2.39. The molecule has 0 unspecified atom stereocenters. The fourth-order valence-electron chi connectivity index (χ4n) is 2.05. The highest BCUT2D eigenvalue weighted by Crippen LogP contribution is 2.39. The third-order valence-electron chi connectivity index (χ3n) is 3.08. The van der Waals surface area contributed by atoms with Crippen molar-refractivity contribution in [2.45, 2.75) is 19.4 Å². The van der Waals surface area contributed by atoms with Crippen molar-refractivity contribution in [1.29, 1.82) is 0 Å². The summed E-state index contributed by atoms with van der Waals surface area (Å²) in [4.78, 5) is 25.1. The van der Waals surface area contributed by atoms with E-state index in [1.165, 1.54) is 24.1 Å². The number of anilines is 2. The summed E-state index contributed by atoms with van der Waals surface area (Å²) >= 11 is 0. The number of ether oxygens (including phenoxy) is 2. The zero-order valence-electron chi connectivity index (χ0n) is 11.3.